The summed E-state index contributed by atoms with van der Waals surface area (Å²) in [5.41, 5.74) is 3.34. The number of unbranched alkanes of at least 4 members (excludes halogenated alkanes) is 2. The number of fused-ring (bicyclic) bond motifs is 1. The fourth-order valence-electron chi connectivity index (χ4n) is 4.21. The van der Waals surface area contributed by atoms with Crippen LogP contribution in [-0.4, -0.2) is 28.0 Å². The molecule has 3 aromatic heterocycles. The molecule has 4 heterocycles. The highest BCUT2D eigenvalue weighted by Crippen LogP contribution is 2.34. The maximum Gasteiger partial charge on any atom is 0.170 e. The van der Waals surface area contributed by atoms with Crippen LogP contribution < -0.4 is 4.90 Å². The lowest BCUT2D eigenvalue weighted by atomic mass is 9.90. The number of hydrogen-bond donors (Lipinski definition) is 0. The summed E-state index contributed by atoms with van der Waals surface area (Å²) in [6, 6.07) is 6.63. The van der Waals surface area contributed by atoms with Crippen LogP contribution in [0.3, 0.4) is 0 Å². The number of pyridine rings is 2. The van der Waals surface area contributed by atoms with Crippen LogP contribution in [-0.2, 0) is 0 Å². The van der Waals surface area contributed by atoms with Gasteiger partial charge in [0, 0.05) is 31.0 Å². The van der Waals surface area contributed by atoms with Gasteiger partial charge in [0.2, 0.25) is 0 Å². The molecular weight excluding hydrogens is 376 g/mol. The Morgan fingerprint density at radius 1 is 1.00 bits per heavy atom. The summed E-state index contributed by atoms with van der Waals surface area (Å²) >= 11 is 1.74. The molecule has 0 radical (unpaired) electrons. The molecule has 0 amide bonds. The molecule has 0 N–H and O–H groups in total. The molecule has 0 aliphatic carbocycles. The fraction of sp³-hybridized carbons (Fsp3) is 0.542. The molecule has 0 spiro atoms. The van der Waals surface area contributed by atoms with Gasteiger partial charge in [-0.3, -0.25) is 0 Å². The Morgan fingerprint density at radius 2 is 1.76 bits per heavy atom. The van der Waals surface area contributed by atoms with E-state index in [9.17, 15) is 0 Å². The summed E-state index contributed by atoms with van der Waals surface area (Å²) < 4.78 is 1.19. The van der Waals surface area contributed by atoms with Crippen LogP contribution in [0.1, 0.15) is 76.7 Å². The van der Waals surface area contributed by atoms with Crippen molar-refractivity contribution in [2.24, 2.45) is 0 Å². The summed E-state index contributed by atoms with van der Waals surface area (Å²) in [5, 5.41) is 1.02. The van der Waals surface area contributed by atoms with Gasteiger partial charge in [0.05, 0.1) is 4.70 Å². The predicted molar refractivity (Wildman–Crippen MR) is 124 cm³/mol. The molecule has 3 aromatic rings. The average molecular weight is 409 g/mol. The van der Waals surface area contributed by atoms with Gasteiger partial charge in [-0.25, -0.2) is 15.0 Å². The van der Waals surface area contributed by atoms with Crippen LogP contribution in [0, 0.1) is 0 Å². The zero-order chi connectivity index (χ0) is 20.1. The number of nitrogens with zero attached hydrogens (tertiary/aromatic N) is 4. The first-order valence-corrected chi connectivity index (χ1v) is 12.1. The minimum atomic E-state index is 0.624. The largest absolute Gasteiger partial charge is 0.357 e. The van der Waals surface area contributed by atoms with E-state index >= 15 is 0 Å². The monoisotopic (exact) mass is 408 g/mol. The molecule has 0 unspecified atom stereocenters. The molecule has 1 fully saturated rings. The molecule has 29 heavy (non-hydrogen) atoms. The SMILES string of the molecule is CCCCC(CCCC)c1cnc2nc(-c3ccc(N4CCCC4)nc3)sc2c1. The fourth-order valence-corrected chi connectivity index (χ4v) is 5.17. The van der Waals surface area contributed by atoms with Crippen molar-refractivity contribution in [2.75, 3.05) is 18.0 Å². The highest BCUT2D eigenvalue weighted by Gasteiger charge is 2.16. The van der Waals surface area contributed by atoms with Gasteiger partial charge in [-0.15, -0.1) is 11.3 Å². The van der Waals surface area contributed by atoms with E-state index in [1.807, 2.05) is 6.20 Å². The van der Waals surface area contributed by atoms with E-state index in [1.54, 1.807) is 11.3 Å². The van der Waals surface area contributed by atoms with E-state index in [4.69, 9.17) is 15.0 Å². The Labute approximate surface area is 178 Å². The molecule has 1 aliphatic rings. The van der Waals surface area contributed by atoms with Crippen LogP contribution in [0.25, 0.3) is 20.9 Å². The van der Waals surface area contributed by atoms with Crippen molar-refractivity contribution in [3.63, 3.8) is 0 Å². The number of anilines is 1. The quantitative estimate of drug-likeness (QED) is 0.390. The highest BCUT2D eigenvalue weighted by molar-refractivity contribution is 7.21. The molecule has 0 aromatic carbocycles. The van der Waals surface area contributed by atoms with Gasteiger partial charge in [-0.1, -0.05) is 39.5 Å². The van der Waals surface area contributed by atoms with Gasteiger partial charge in [0.1, 0.15) is 10.8 Å². The summed E-state index contributed by atoms with van der Waals surface area (Å²) in [4.78, 5) is 16.6. The second kappa shape index (κ2) is 9.66. The molecule has 4 rings (SSSR count). The van der Waals surface area contributed by atoms with E-state index in [2.05, 4.69) is 43.1 Å². The van der Waals surface area contributed by atoms with Gasteiger partial charge in [0.15, 0.2) is 5.65 Å². The lowest BCUT2D eigenvalue weighted by Crippen LogP contribution is -2.18. The standard InChI is InChI=1S/C24H32N4S/c1-3-5-9-18(10-6-4-2)20-15-21-23(26-17-20)27-24(29-21)19-11-12-22(25-16-19)28-13-7-8-14-28/h11-12,15-18H,3-10,13-14H2,1-2H3. The van der Waals surface area contributed by atoms with Gasteiger partial charge in [0.25, 0.3) is 0 Å². The molecule has 4 nitrogen and oxygen atoms in total. The predicted octanol–water partition coefficient (Wildman–Crippen LogP) is 6.82. The normalized spacial score (nSPS) is 14.4. The smallest absolute Gasteiger partial charge is 0.170 e. The van der Waals surface area contributed by atoms with Crippen LogP contribution in [0.15, 0.2) is 30.6 Å². The Bertz CT molecular complexity index is 904. The Hall–Kier alpha value is -2.01. The Kier molecular flexibility index (Phi) is 6.75. The molecule has 1 aliphatic heterocycles. The zero-order valence-electron chi connectivity index (χ0n) is 17.7. The van der Waals surface area contributed by atoms with Crippen molar-refractivity contribution >= 4 is 27.5 Å². The molecule has 154 valence electrons. The van der Waals surface area contributed by atoms with E-state index in [-0.39, 0.29) is 0 Å². The van der Waals surface area contributed by atoms with Gasteiger partial charge in [-0.2, -0.15) is 0 Å². The number of rotatable bonds is 9. The third-order valence-electron chi connectivity index (χ3n) is 5.98. The summed E-state index contributed by atoms with van der Waals surface area (Å²) in [5.74, 6) is 1.71. The van der Waals surface area contributed by atoms with E-state index in [0.29, 0.717) is 5.92 Å². The van der Waals surface area contributed by atoms with Gasteiger partial charge < -0.3 is 4.90 Å². The molecule has 0 atom stereocenters. The minimum absolute atomic E-state index is 0.624. The highest BCUT2D eigenvalue weighted by atomic mass is 32.1. The topological polar surface area (TPSA) is 41.9 Å². The van der Waals surface area contributed by atoms with Crippen LogP contribution >= 0.6 is 11.3 Å². The first-order chi connectivity index (χ1) is 14.3. The first-order valence-electron chi connectivity index (χ1n) is 11.3. The third-order valence-corrected chi connectivity index (χ3v) is 7.02. The van der Waals surface area contributed by atoms with Crippen LogP contribution in [0.4, 0.5) is 5.82 Å². The Morgan fingerprint density at radius 3 is 2.41 bits per heavy atom. The molecule has 5 heteroatoms. The summed E-state index contributed by atoms with van der Waals surface area (Å²) in [7, 11) is 0. The minimum Gasteiger partial charge on any atom is -0.357 e. The van der Waals surface area contributed by atoms with Crippen molar-refractivity contribution in [3.8, 4) is 10.6 Å². The maximum atomic E-state index is 4.79. The molecule has 0 saturated carbocycles. The lowest BCUT2D eigenvalue weighted by molar-refractivity contribution is 0.524. The van der Waals surface area contributed by atoms with Gasteiger partial charge in [-0.05, 0) is 55.4 Å². The van der Waals surface area contributed by atoms with Crippen LogP contribution in [0.2, 0.25) is 0 Å². The molecule has 0 bridgehead atoms. The molecule has 1 saturated heterocycles. The van der Waals surface area contributed by atoms with Crippen molar-refractivity contribution in [3.05, 3.63) is 36.2 Å². The second-order valence-corrected chi connectivity index (χ2v) is 9.22. The summed E-state index contributed by atoms with van der Waals surface area (Å²) in [6.07, 6.45) is 14.2. The zero-order valence-corrected chi connectivity index (χ0v) is 18.5. The van der Waals surface area contributed by atoms with Crippen molar-refractivity contribution in [1.29, 1.82) is 0 Å². The van der Waals surface area contributed by atoms with Crippen molar-refractivity contribution < 1.29 is 0 Å². The Balaban J connectivity index is 1.55. The van der Waals surface area contributed by atoms with Crippen molar-refractivity contribution in [1.82, 2.24) is 15.0 Å². The lowest BCUT2D eigenvalue weighted by Gasteiger charge is -2.16. The number of thiazole rings is 1. The first kappa shape index (κ1) is 20.3. The summed E-state index contributed by atoms with van der Waals surface area (Å²) in [6.45, 7) is 6.79. The van der Waals surface area contributed by atoms with Crippen molar-refractivity contribution in [2.45, 2.75) is 71.1 Å². The van der Waals surface area contributed by atoms with Crippen LogP contribution in [0.5, 0.6) is 0 Å². The molecular formula is C24H32N4S. The number of hydrogen-bond acceptors (Lipinski definition) is 5. The third kappa shape index (κ3) is 4.77. The number of aromatic nitrogens is 3. The van der Waals surface area contributed by atoms with E-state index in [0.717, 1.165) is 35.1 Å². The average Bonchev–Trinajstić information content (AvgIpc) is 3.43. The second-order valence-electron chi connectivity index (χ2n) is 8.19. The van der Waals surface area contributed by atoms with E-state index in [1.165, 1.54) is 61.6 Å². The van der Waals surface area contributed by atoms with E-state index < -0.39 is 0 Å². The maximum absolute atomic E-state index is 4.79. The van der Waals surface area contributed by atoms with Gasteiger partial charge >= 0.3 is 0 Å².